The fourth-order valence-electron chi connectivity index (χ4n) is 2.74. The van der Waals surface area contributed by atoms with Crippen molar-refractivity contribution in [2.45, 2.75) is 118 Å². The smallest absolute Gasteiger partial charge is 0.330 e. The standard InChI is InChI=1S/C14H24O6.C9H14O3.C5H10O3/c1-9(15)6-11(3)19-14(17)8-12(4)20-13(16)7-10(2)18-5;1-4-5-9(11)12-8(3)6-7(2)10;1-4(8-2)3-5(6)7/h10-12H,6-8H2,1-5H3;4-5,8H,6H2,1-3H3;4H,3H2,1-2H3,(H,6,7)/b;5-4-;. The lowest BCUT2D eigenvalue weighted by molar-refractivity contribution is -0.158. The first-order valence-electron chi connectivity index (χ1n) is 13.0. The molecule has 0 aromatic heterocycles. The molecule has 0 aliphatic heterocycles. The van der Waals surface area contributed by atoms with E-state index in [2.05, 4.69) is 4.74 Å². The van der Waals surface area contributed by atoms with Crippen molar-refractivity contribution in [2.24, 2.45) is 0 Å². The Hall–Kier alpha value is -3.12. The molecule has 1 N–H and O–H groups in total. The number of hydrogen-bond acceptors (Lipinski definition) is 11. The zero-order valence-corrected chi connectivity index (χ0v) is 25.5. The molecule has 0 fully saturated rings. The molecule has 40 heavy (non-hydrogen) atoms. The Morgan fingerprint density at radius 3 is 1.27 bits per heavy atom. The number of rotatable bonds is 16. The molecule has 0 radical (unpaired) electrons. The van der Waals surface area contributed by atoms with Gasteiger partial charge in [-0.25, -0.2) is 4.79 Å². The second-order valence-corrected chi connectivity index (χ2v) is 9.26. The number of allylic oxidation sites excluding steroid dienone is 1. The molecule has 0 bridgehead atoms. The maximum atomic E-state index is 11.6. The molecular weight excluding hydrogens is 528 g/mol. The van der Waals surface area contributed by atoms with Crippen LogP contribution < -0.4 is 0 Å². The van der Waals surface area contributed by atoms with Crippen LogP contribution in [-0.2, 0) is 52.5 Å². The van der Waals surface area contributed by atoms with Gasteiger partial charge in [-0.3, -0.25) is 24.0 Å². The number of ketones is 2. The number of hydrogen-bond donors (Lipinski definition) is 1. The normalized spacial score (nSPS) is 14.1. The lowest BCUT2D eigenvalue weighted by Crippen LogP contribution is -2.25. The van der Waals surface area contributed by atoms with Crippen molar-refractivity contribution in [1.82, 2.24) is 0 Å². The molecule has 0 aliphatic rings. The van der Waals surface area contributed by atoms with Gasteiger partial charge in [-0.15, -0.1) is 0 Å². The van der Waals surface area contributed by atoms with E-state index in [1.807, 2.05) is 0 Å². The predicted octanol–water partition coefficient (Wildman–Crippen LogP) is 3.61. The van der Waals surface area contributed by atoms with Gasteiger partial charge in [0.1, 0.15) is 29.9 Å². The highest BCUT2D eigenvalue weighted by Crippen LogP contribution is 2.07. The molecule has 0 saturated carbocycles. The SMILES string of the molecule is C/C=C\C(=O)OC(C)CC(C)=O.COC(C)CC(=O)O.COC(C)CC(=O)OC(C)CC(=O)OC(C)CC(C)=O. The molecule has 0 rings (SSSR count). The van der Waals surface area contributed by atoms with Crippen molar-refractivity contribution in [3.63, 3.8) is 0 Å². The van der Waals surface area contributed by atoms with Crippen molar-refractivity contribution in [2.75, 3.05) is 14.2 Å². The number of carboxylic acid groups (broad SMARTS) is 1. The third-order valence-corrected chi connectivity index (χ3v) is 4.61. The quantitative estimate of drug-likeness (QED) is 0.161. The third kappa shape index (κ3) is 31.1. The zero-order chi connectivity index (χ0) is 31.8. The van der Waals surface area contributed by atoms with E-state index in [1.54, 1.807) is 47.6 Å². The van der Waals surface area contributed by atoms with Crippen LogP contribution in [0.5, 0.6) is 0 Å². The number of carbonyl (C=O) groups excluding carboxylic acids is 5. The van der Waals surface area contributed by atoms with Gasteiger partial charge >= 0.3 is 23.9 Å². The fourth-order valence-corrected chi connectivity index (χ4v) is 2.74. The van der Waals surface area contributed by atoms with E-state index in [4.69, 9.17) is 24.1 Å². The molecule has 232 valence electrons. The van der Waals surface area contributed by atoms with Gasteiger partial charge in [0.2, 0.25) is 0 Å². The van der Waals surface area contributed by atoms with Crippen LogP contribution in [0.2, 0.25) is 0 Å². The van der Waals surface area contributed by atoms with E-state index < -0.39 is 36.1 Å². The van der Waals surface area contributed by atoms with Crippen molar-refractivity contribution < 1.29 is 57.6 Å². The molecular formula is C28H48O12. The Morgan fingerprint density at radius 1 is 0.600 bits per heavy atom. The van der Waals surface area contributed by atoms with Gasteiger partial charge < -0.3 is 28.8 Å². The molecule has 5 unspecified atom stereocenters. The maximum absolute atomic E-state index is 11.6. The summed E-state index contributed by atoms with van der Waals surface area (Å²) >= 11 is 0. The Bertz CT molecular complexity index is 805. The van der Waals surface area contributed by atoms with Crippen LogP contribution >= 0.6 is 0 Å². The molecule has 0 aliphatic carbocycles. The molecule has 0 heterocycles. The summed E-state index contributed by atoms with van der Waals surface area (Å²) < 4.78 is 24.6. The Labute approximate surface area is 237 Å². The minimum absolute atomic E-state index is 0.0239. The van der Waals surface area contributed by atoms with Crippen LogP contribution in [0, 0.1) is 0 Å². The van der Waals surface area contributed by atoms with Crippen LogP contribution in [0.4, 0.5) is 0 Å². The summed E-state index contributed by atoms with van der Waals surface area (Å²) in [7, 11) is 3.00. The van der Waals surface area contributed by atoms with Gasteiger partial charge in [0.15, 0.2) is 0 Å². The third-order valence-electron chi connectivity index (χ3n) is 4.61. The van der Waals surface area contributed by atoms with Gasteiger partial charge in [0, 0.05) is 33.1 Å². The fraction of sp³-hybridized carbons (Fsp3) is 0.714. The number of esters is 3. The summed E-state index contributed by atoms with van der Waals surface area (Å²) in [5.74, 6) is -2.14. The first-order chi connectivity index (χ1) is 18.5. The van der Waals surface area contributed by atoms with E-state index in [0.717, 1.165) is 0 Å². The lowest BCUT2D eigenvalue weighted by atomic mass is 10.2. The predicted molar refractivity (Wildman–Crippen MR) is 147 cm³/mol. The topological polar surface area (TPSA) is 169 Å². The molecule has 12 heteroatoms. The first kappa shape index (κ1) is 41.4. The Kier molecular flexibility index (Phi) is 25.7. The number of aliphatic carboxylic acids is 1. The van der Waals surface area contributed by atoms with Crippen molar-refractivity contribution in [3.8, 4) is 0 Å². The average molecular weight is 577 g/mol. The minimum Gasteiger partial charge on any atom is -0.481 e. The van der Waals surface area contributed by atoms with Gasteiger partial charge in [-0.2, -0.15) is 0 Å². The van der Waals surface area contributed by atoms with Crippen molar-refractivity contribution >= 4 is 35.4 Å². The largest absolute Gasteiger partial charge is 0.481 e. The summed E-state index contributed by atoms with van der Waals surface area (Å²) in [5.41, 5.74) is 0. The van der Waals surface area contributed by atoms with Crippen LogP contribution in [0.25, 0.3) is 0 Å². The van der Waals surface area contributed by atoms with E-state index >= 15 is 0 Å². The monoisotopic (exact) mass is 576 g/mol. The van der Waals surface area contributed by atoms with E-state index in [1.165, 1.54) is 34.1 Å². The van der Waals surface area contributed by atoms with Crippen LogP contribution in [0.15, 0.2) is 12.2 Å². The second-order valence-electron chi connectivity index (χ2n) is 9.26. The van der Waals surface area contributed by atoms with Crippen molar-refractivity contribution in [3.05, 3.63) is 12.2 Å². The summed E-state index contributed by atoms with van der Waals surface area (Å²) in [6.45, 7) is 13.1. The number of ether oxygens (including phenoxy) is 5. The highest BCUT2D eigenvalue weighted by molar-refractivity contribution is 5.82. The summed E-state index contributed by atoms with van der Waals surface area (Å²) in [4.78, 5) is 65.2. The van der Waals surface area contributed by atoms with Gasteiger partial charge in [-0.05, 0) is 55.4 Å². The molecule has 0 aromatic carbocycles. The van der Waals surface area contributed by atoms with Crippen LogP contribution in [0.3, 0.4) is 0 Å². The second kappa shape index (κ2) is 24.9. The number of carbonyl (C=O) groups is 6. The Balaban J connectivity index is -0.000000578. The summed E-state index contributed by atoms with van der Waals surface area (Å²) in [6.07, 6.45) is 1.83. The summed E-state index contributed by atoms with van der Waals surface area (Å²) in [6, 6.07) is 0. The molecule has 0 amide bonds. The molecule has 12 nitrogen and oxygen atoms in total. The zero-order valence-electron chi connectivity index (χ0n) is 25.5. The number of carboxylic acids is 1. The molecule has 0 spiro atoms. The Morgan fingerprint density at radius 2 is 0.950 bits per heavy atom. The van der Waals surface area contributed by atoms with Crippen LogP contribution in [-0.4, -0.2) is 85.3 Å². The van der Waals surface area contributed by atoms with Gasteiger partial charge in [-0.1, -0.05) is 6.08 Å². The number of methoxy groups -OCH3 is 2. The summed E-state index contributed by atoms with van der Waals surface area (Å²) in [5, 5.41) is 8.14. The highest BCUT2D eigenvalue weighted by Gasteiger charge is 2.18. The van der Waals surface area contributed by atoms with E-state index in [0.29, 0.717) is 0 Å². The van der Waals surface area contributed by atoms with Gasteiger partial charge in [0.25, 0.3) is 0 Å². The minimum atomic E-state index is -0.820. The molecule has 5 atom stereocenters. The lowest BCUT2D eigenvalue weighted by Gasteiger charge is -2.16. The van der Waals surface area contributed by atoms with Crippen LogP contribution in [0.1, 0.15) is 87.5 Å². The average Bonchev–Trinajstić information content (AvgIpc) is 2.77. The number of Topliss-reactive ketones (excluding diaryl/α,β-unsaturated/α-hetero) is 2. The van der Waals surface area contributed by atoms with E-state index in [-0.39, 0.29) is 62.0 Å². The molecule has 0 saturated heterocycles. The van der Waals surface area contributed by atoms with Gasteiger partial charge in [0.05, 0.1) is 31.5 Å². The first-order valence-corrected chi connectivity index (χ1v) is 13.0. The maximum Gasteiger partial charge on any atom is 0.330 e. The molecule has 0 aromatic rings. The van der Waals surface area contributed by atoms with E-state index in [9.17, 15) is 28.8 Å². The van der Waals surface area contributed by atoms with Crippen molar-refractivity contribution in [1.29, 1.82) is 0 Å². The highest BCUT2D eigenvalue weighted by atomic mass is 16.6.